The standard InChI is InChI=1S/C9H16N4O2/c1-3-7-11-8(13-12-7)9(14)10-5-6-15-4-2/h3-6H2,1-2H3,(H,10,14)(H,11,12,13). The van der Waals surface area contributed by atoms with Gasteiger partial charge >= 0.3 is 0 Å². The van der Waals surface area contributed by atoms with Gasteiger partial charge in [0.25, 0.3) is 5.91 Å². The highest BCUT2D eigenvalue weighted by atomic mass is 16.5. The molecule has 1 aromatic heterocycles. The Kier molecular flexibility index (Phi) is 4.76. The number of hydrogen-bond donors (Lipinski definition) is 2. The first-order chi connectivity index (χ1) is 7.27. The molecule has 2 N–H and O–H groups in total. The van der Waals surface area contributed by atoms with E-state index in [1.54, 1.807) is 0 Å². The van der Waals surface area contributed by atoms with E-state index in [4.69, 9.17) is 4.74 Å². The molecule has 1 amide bonds. The summed E-state index contributed by atoms with van der Waals surface area (Å²) in [5.74, 6) is 0.624. The van der Waals surface area contributed by atoms with Crippen LogP contribution in [0.25, 0.3) is 0 Å². The first-order valence-electron chi connectivity index (χ1n) is 5.05. The van der Waals surface area contributed by atoms with Gasteiger partial charge in [-0.2, -0.15) is 0 Å². The van der Waals surface area contributed by atoms with Crippen LogP contribution in [0.5, 0.6) is 0 Å². The molecule has 1 aromatic rings. The Morgan fingerprint density at radius 3 is 2.93 bits per heavy atom. The first kappa shape index (κ1) is 11.6. The van der Waals surface area contributed by atoms with Gasteiger partial charge in [-0.3, -0.25) is 9.89 Å². The van der Waals surface area contributed by atoms with Crippen LogP contribution in [0.15, 0.2) is 0 Å². The SMILES string of the molecule is CCOCCNC(=O)c1n[nH]c(CC)n1. The van der Waals surface area contributed by atoms with Crippen molar-refractivity contribution in [2.75, 3.05) is 19.8 Å². The molecule has 0 saturated heterocycles. The van der Waals surface area contributed by atoms with Crippen molar-refractivity contribution in [3.05, 3.63) is 11.6 Å². The summed E-state index contributed by atoms with van der Waals surface area (Å²) in [6, 6.07) is 0. The smallest absolute Gasteiger partial charge is 0.291 e. The van der Waals surface area contributed by atoms with Crippen LogP contribution in [-0.4, -0.2) is 40.8 Å². The van der Waals surface area contributed by atoms with Crippen LogP contribution in [0.3, 0.4) is 0 Å². The van der Waals surface area contributed by atoms with E-state index in [-0.39, 0.29) is 11.7 Å². The van der Waals surface area contributed by atoms with E-state index in [0.29, 0.717) is 25.6 Å². The molecule has 1 heterocycles. The van der Waals surface area contributed by atoms with Gasteiger partial charge in [0.1, 0.15) is 5.82 Å². The third-order valence-electron chi connectivity index (χ3n) is 1.81. The fourth-order valence-corrected chi connectivity index (χ4v) is 1.02. The predicted molar refractivity (Wildman–Crippen MR) is 54.6 cm³/mol. The maximum Gasteiger partial charge on any atom is 0.291 e. The molecular formula is C9H16N4O2. The van der Waals surface area contributed by atoms with E-state index in [1.807, 2.05) is 13.8 Å². The van der Waals surface area contributed by atoms with Crippen LogP contribution >= 0.6 is 0 Å². The summed E-state index contributed by atoms with van der Waals surface area (Å²) in [7, 11) is 0. The molecule has 0 saturated carbocycles. The molecule has 0 aliphatic carbocycles. The number of ether oxygens (including phenoxy) is 1. The van der Waals surface area contributed by atoms with E-state index in [0.717, 1.165) is 6.42 Å². The number of aromatic nitrogens is 3. The number of carbonyl (C=O) groups excluding carboxylic acids is 1. The number of nitrogens with zero attached hydrogens (tertiary/aromatic N) is 2. The topological polar surface area (TPSA) is 79.9 Å². The number of rotatable bonds is 6. The summed E-state index contributed by atoms with van der Waals surface area (Å²) in [6.07, 6.45) is 0.735. The molecule has 0 bridgehead atoms. The Morgan fingerprint density at radius 1 is 1.53 bits per heavy atom. The van der Waals surface area contributed by atoms with Gasteiger partial charge in [0.2, 0.25) is 5.82 Å². The second-order valence-electron chi connectivity index (χ2n) is 2.91. The fourth-order valence-electron chi connectivity index (χ4n) is 1.02. The zero-order valence-electron chi connectivity index (χ0n) is 9.04. The molecule has 6 heteroatoms. The minimum atomic E-state index is -0.273. The minimum absolute atomic E-state index is 0.184. The van der Waals surface area contributed by atoms with E-state index in [1.165, 1.54) is 0 Å². The number of amides is 1. The summed E-state index contributed by atoms with van der Waals surface area (Å²) in [4.78, 5) is 15.4. The molecule has 6 nitrogen and oxygen atoms in total. The first-order valence-corrected chi connectivity index (χ1v) is 5.05. The average Bonchev–Trinajstić information content (AvgIpc) is 2.72. The van der Waals surface area contributed by atoms with E-state index in [2.05, 4.69) is 20.5 Å². The van der Waals surface area contributed by atoms with Gasteiger partial charge in [-0.25, -0.2) is 4.98 Å². The molecule has 0 radical (unpaired) electrons. The van der Waals surface area contributed by atoms with Crippen LogP contribution in [0.4, 0.5) is 0 Å². The Hall–Kier alpha value is -1.43. The number of carbonyl (C=O) groups is 1. The van der Waals surface area contributed by atoms with Crippen molar-refractivity contribution in [2.24, 2.45) is 0 Å². The maximum atomic E-state index is 11.4. The summed E-state index contributed by atoms with van der Waals surface area (Å²) in [6.45, 7) is 5.48. The van der Waals surface area contributed by atoms with Crippen molar-refractivity contribution in [3.63, 3.8) is 0 Å². The minimum Gasteiger partial charge on any atom is -0.380 e. The molecule has 0 atom stereocenters. The van der Waals surface area contributed by atoms with Crippen molar-refractivity contribution in [3.8, 4) is 0 Å². The second kappa shape index (κ2) is 6.13. The Labute approximate surface area is 88.4 Å². The third-order valence-corrected chi connectivity index (χ3v) is 1.81. The molecule has 15 heavy (non-hydrogen) atoms. The molecule has 0 aromatic carbocycles. The average molecular weight is 212 g/mol. The Bertz CT molecular complexity index is 311. The van der Waals surface area contributed by atoms with E-state index >= 15 is 0 Å². The van der Waals surface area contributed by atoms with E-state index in [9.17, 15) is 4.79 Å². The Morgan fingerprint density at radius 2 is 2.33 bits per heavy atom. The number of nitrogens with one attached hydrogen (secondary N) is 2. The van der Waals surface area contributed by atoms with E-state index < -0.39 is 0 Å². The number of aromatic amines is 1. The van der Waals surface area contributed by atoms with Crippen molar-refractivity contribution >= 4 is 5.91 Å². The lowest BCUT2D eigenvalue weighted by atomic mass is 10.4. The van der Waals surface area contributed by atoms with Crippen LogP contribution in [0.1, 0.15) is 30.3 Å². The van der Waals surface area contributed by atoms with Crippen LogP contribution in [0.2, 0.25) is 0 Å². The van der Waals surface area contributed by atoms with Gasteiger partial charge in [-0.15, -0.1) is 5.10 Å². The van der Waals surface area contributed by atoms with Crippen LogP contribution in [-0.2, 0) is 11.2 Å². The van der Waals surface area contributed by atoms with Crippen LogP contribution < -0.4 is 5.32 Å². The Balaban J connectivity index is 2.33. The van der Waals surface area contributed by atoms with Crippen LogP contribution in [0, 0.1) is 0 Å². The van der Waals surface area contributed by atoms with Crippen molar-refractivity contribution < 1.29 is 9.53 Å². The third kappa shape index (κ3) is 3.67. The lowest BCUT2D eigenvalue weighted by Gasteiger charge is -2.01. The van der Waals surface area contributed by atoms with Crippen molar-refractivity contribution in [1.82, 2.24) is 20.5 Å². The summed E-state index contributed by atoms with van der Waals surface area (Å²) < 4.78 is 5.08. The quantitative estimate of drug-likeness (QED) is 0.657. The number of H-pyrrole nitrogens is 1. The molecule has 0 aliphatic rings. The van der Waals surface area contributed by atoms with Gasteiger partial charge in [0.05, 0.1) is 6.61 Å². The monoisotopic (exact) mass is 212 g/mol. The van der Waals surface area contributed by atoms with Crippen molar-refractivity contribution in [1.29, 1.82) is 0 Å². The number of aryl methyl sites for hydroxylation is 1. The largest absolute Gasteiger partial charge is 0.380 e. The predicted octanol–water partition coefficient (Wildman–Crippen LogP) is 0.133. The molecule has 1 rings (SSSR count). The fraction of sp³-hybridized carbons (Fsp3) is 0.667. The molecule has 0 fully saturated rings. The van der Waals surface area contributed by atoms with Gasteiger partial charge < -0.3 is 10.1 Å². The normalized spacial score (nSPS) is 10.3. The highest BCUT2D eigenvalue weighted by molar-refractivity contribution is 5.90. The molecule has 0 spiro atoms. The summed E-state index contributed by atoms with van der Waals surface area (Å²) >= 11 is 0. The van der Waals surface area contributed by atoms with Gasteiger partial charge in [0, 0.05) is 19.6 Å². The second-order valence-corrected chi connectivity index (χ2v) is 2.91. The van der Waals surface area contributed by atoms with Gasteiger partial charge in [0.15, 0.2) is 0 Å². The summed E-state index contributed by atoms with van der Waals surface area (Å²) in [5.41, 5.74) is 0. The molecule has 0 unspecified atom stereocenters. The summed E-state index contributed by atoms with van der Waals surface area (Å²) in [5, 5.41) is 9.14. The lowest BCUT2D eigenvalue weighted by molar-refractivity contribution is 0.0913. The highest BCUT2D eigenvalue weighted by Crippen LogP contribution is 1.92. The van der Waals surface area contributed by atoms with Gasteiger partial charge in [-0.1, -0.05) is 6.92 Å². The van der Waals surface area contributed by atoms with Crippen molar-refractivity contribution in [2.45, 2.75) is 20.3 Å². The highest BCUT2D eigenvalue weighted by Gasteiger charge is 2.10. The molecule has 84 valence electrons. The number of hydrogen-bond acceptors (Lipinski definition) is 4. The lowest BCUT2D eigenvalue weighted by Crippen LogP contribution is -2.28. The van der Waals surface area contributed by atoms with Gasteiger partial charge in [-0.05, 0) is 6.92 Å². The zero-order valence-corrected chi connectivity index (χ0v) is 9.04. The molecule has 0 aliphatic heterocycles. The molecular weight excluding hydrogens is 196 g/mol. The zero-order chi connectivity index (χ0) is 11.1. The maximum absolute atomic E-state index is 11.4.